The SMILES string of the molecule is NS(=O)(=O)c1nn2cc(-c3ccc(NC(=O)c4ccccc4)cc3)nc2s1. The van der Waals surface area contributed by atoms with E-state index in [1.54, 1.807) is 42.6 Å². The van der Waals surface area contributed by atoms with Crippen molar-refractivity contribution in [3.63, 3.8) is 0 Å². The Bertz CT molecular complexity index is 1200. The van der Waals surface area contributed by atoms with Gasteiger partial charge < -0.3 is 5.32 Å². The van der Waals surface area contributed by atoms with Crippen molar-refractivity contribution in [2.24, 2.45) is 5.14 Å². The van der Waals surface area contributed by atoms with Crippen molar-refractivity contribution >= 4 is 37.9 Å². The minimum absolute atomic E-state index is 0.185. The molecule has 4 aromatic rings. The van der Waals surface area contributed by atoms with Crippen LogP contribution in [0.4, 0.5) is 5.69 Å². The zero-order chi connectivity index (χ0) is 19.0. The largest absolute Gasteiger partial charge is 0.322 e. The Morgan fingerprint density at radius 2 is 1.78 bits per heavy atom. The van der Waals surface area contributed by atoms with E-state index in [0.29, 0.717) is 21.9 Å². The van der Waals surface area contributed by atoms with E-state index in [1.165, 1.54) is 4.52 Å². The maximum absolute atomic E-state index is 12.2. The molecule has 3 N–H and O–H groups in total. The van der Waals surface area contributed by atoms with Gasteiger partial charge in [0.1, 0.15) is 0 Å². The minimum Gasteiger partial charge on any atom is -0.322 e. The monoisotopic (exact) mass is 399 g/mol. The summed E-state index contributed by atoms with van der Waals surface area (Å²) in [6.45, 7) is 0. The summed E-state index contributed by atoms with van der Waals surface area (Å²) in [5.41, 5.74) is 2.68. The average Bonchev–Trinajstić information content (AvgIpc) is 3.22. The van der Waals surface area contributed by atoms with E-state index in [2.05, 4.69) is 15.4 Å². The molecule has 27 heavy (non-hydrogen) atoms. The third kappa shape index (κ3) is 3.58. The first-order valence-electron chi connectivity index (χ1n) is 7.76. The minimum atomic E-state index is -3.85. The number of carbonyl (C=O) groups excluding carboxylic acids is 1. The number of benzene rings is 2. The fraction of sp³-hybridized carbons (Fsp3) is 0. The summed E-state index contributed by atoms with van der Waals surface area (Å²) < 4.78 is 23.9. The quantitative estimate of drug-likeness (QED) is 0.546. The van der Waals surface area contributed by atoms with Crippen LogP contribution in [0.1, 0.15) is 10.4 Å². The lowest BCUT2D eigenvalue weighted by Crippen LogP contribution is -2.12. The molecule has 0 aliphatic heterocycles. The molecule has 0 bridgehead atoms. The lowest BCUT2D eigenvalue weighted by atomic mass is 10.1. The Morgan fingerprint density at radius 1 is 1.07 bits per heavy atom. The van der Waals surface area contributed by atoms with Gasteiger partial charge in [0.05, 0.1) is 11.9 Å². The lowest BCUT2D eigenvalue weighted by molar-refractivity contribution is 0.102. The Balaban J connectivity index is 1.54. The number of nitrogens with one attached hydrogen (secondary N) is 1. The number of nitrogens with two attached hydrogens (primary N) is 1. The van der Waals surface area contributed by atoms with E-state index in [4.69, 9.17) is 5.14 Å². The number of imidazole rings is 1. The van der Waals surface area contributed by atoms with Crippen molar-refractivity contribution in [1.82, 2.24) is 14.6 Å². The predicted octanol–water partition coefficient (Wildman–Crippen LogP) is 2.36. The van der Waals surface area contributed by atoms with E-state index in [-0.39, 0.29) is 10.2 Å². The highest BCUT2D eigenvalue weighted by Gasteiger charge is 2.17. The van der Waals surface area contributed by atoms with Gasteiger partial charge in [0.25, 0.3) is 15.9 Å². The topological polar surface area (TPSA) is 119 Å². The molecule has 0 spiro atoms. The van der Waals surface area contributed by atoms with E-state index in [1.807, 2.05) is 18.2 Å². The van der Waals surface area contributed by atoms with E-state index < -0.39 is 10.0 Å². The van der Waals surface area contributed by atoms with Crippen LogP contribution in [0.3, 0.4) is 0 Å². The number of nitrogens with zero attached hydrogens (tertiary/aromatic N) is 3. The van der Waals surface area contributed by atoms with Crippen molar-refractivity contribution < 1.29 is 13.2 Å². The predicted molar refractivity (Wildman–Crippen MR) is 102 cm³/mol. The summed E-state index contributed by atoms with van der Waals surface area (Å²) in [7, 11) is -3.85. The van der Waals surface area contributed by atoms with Crippen LogP contribution in [0.25, 0.3) is 16.2 Å². The molecule has 136 valence electrons. The van der Waals surface area contributed by atoms with Crippen LogP contribution in [0, 0.1) is 0 Å². The normalized spacial score (nSPS) is 11.6. The van der Waals surface area contributed by atoms with Gasteiger partial charge in [0, 0.05) is 16.8 Å². The zero-order valence-corrected chi connectivity index (χ0v) is 15.4. The smallest absolute Gasteiger partial charge is 0.267 e. The van der Waals surface area contributed by atoms with Crippen LogP contribution in [0.5, 0.6) is 0 Å². The number of carbonyl (C=O) groups is 1. The third-order valence-electron chi connectivity index (χ3n) is 3.74. The Kier molecular flexibility index (Phi) is 4.22. The van der Waals surface area contributed by atoms with Crippen LogP contribution in [0.15, 0.2) is 65.1 Å². The Morgan fingerprint density at radius 3 is 2.41 bits per heavy atom. The third-order valence-corrected chi connectivity index (χ3v) is 5.98. The van der Waals surface area contributed by atoms with E-state index >= 15 is 0 Å². The molecule has 8 nitrogen and oxygen atoms in total. The second-order valence-electron chi connectivity index (χ2n) is 5.66. The second kappa shape index (κ2) is 6.58. The van der Waals surface area contributed by atoms with E-state index in [9.17, 15) is 13.2 Å². The van der Waals surface area contributed by atoms with Gasteiger partial charge in [-0.3, -0.25) is 4.79 Å². The lowest BCUT2D eigenvalue weighted by Gasteiger charge is -2.05. The fourth-order valence-electron chi connectivity index (χ4n) is 2.45. The standard InChI is InChI=1S/C17H13N5O3S2/c18-27(24,25)17-21-22-10-14(20-16(22)26-17)11-6-8-13(9-7-11)19-15(23)12-4-2-1-3-5-12/h1-10H,(H,19,23)(H2,18,24,25). The molecular formula is C17H13N5O3S2. The number of amides is 1. The highest BCUT2D eigenvalue weighted by Crippen LogP contribution is 2.25. The highest BCUT2D eigenvalue weighted by molar-refractivity contribution is 7.91. The van der Waals surface area contributed by atoms with Crippen LogP contribution in [-0.4, -0.2) is 28.9 Å². The van der Waals surface area contributed by atoms with Crippen molar-refractivity contribution in [1.29, 1.82) is 0 Å². The summed E-state index contributed by atoms with van der Waals surface area (Å²) in [5.74, 6) is -0.189. The van der Waals surface area contributed by atoms with E-state index in [0.717, 1.165) is 16.9 Å². The zero-order valence-electron chi connectivity index (χ0n) is 13.7. The van der Waals surface area contributed by atoms with Gasteiger partial charge in [-0.1, -0.05) is 41.7 Å². The van der Waals surface area contributed by atoms with Crippen molar-refractivity contribution in [2.45, 2.75) is 4.34 Å². The number of rotatable bonds is 4. The van der Waals surface area contributed by atoms with Crippen molar-refractivity contribution in [3.8, 4) is 11.3 Å². The number of aromatic nitrogens is 3. The molecule has 2 aromatic carbocycles. The maximum Gasteiger partial charge on any atom is 0.267 e. The molecule has 0 saturated heterocycles. The maximum atomic E-state index is 12.2. The Labute approximate surface area is 158 Å². The molecule has 2 aromatic heterocycles. The van der Waals surface area contributed by atoms with Crippen LogP contribution in [0.2, 0.25) is 0 Å². The average molecular weight is 399 g/mol. The first-order valence-corrected chi connectivity index (χ1v) is 10.1. The van der Waals surface area contributed by atoms with Gasteiger partial charge >= 0.3 is 0 Å². The number of primary sulfonamides is 1. The number of anilines is 1. The highest BCUT2D eigenvalue weighted by atomic mass is 32.2. The summed E-state index contributed by atoms with van der Waals surface area (Å²) in [4.78, 5) is 17.0. The van der Waals surface area contributed by atoms with Crippen LogP contribution >= 0.6 is 11.3 Å². The van der Waals surface area contributed by atoms with Crippen molar-refractivity contribution in [2.75, 3.05) is 5.32 Å². The molecule has 2 heterocycles. The van der Waals surface area contributed by atoms with Gasteiger partial charge in [0.2, 0.25) is 9.30 Å². The molecule has 4 rings (SSSR count). The summed E-state index contributed by atoms with van der Waals surface area (Å²) in [5, 5.41) is 11.8. The molecule has 0 fully saturated rings. The molecule has 0 aliphatic rings. The number of hydrogen-bond donors (Lipinski definition) is 2. The molecule has 1 amide bonds. The summed E-state index contributed by atoms with van der Waals surface area (Å²) >= 11 is 0.900. The Hall–Kier alpha value is -3.08. The van der Waals surface area contributed by atoms with Gasteiger partial charge in [-0.05, 0) is 24.3 Å². The fourth-order valence-corrected chi connectivity index (χ4v) is 3.96. The molecule has 0 unspecified atom stereocenters. The first-order chi connectivity index (χ1) is 12.9. The summed E-state index contributed by atoms with van der Waals surface area (Å²) in [6.07, 6.45) is 1.62. The van der Waals surface area contributed by atoms with Gasteiger partial charge in [0.15, 0.2) is 0 Å². The van der Waals surface area contributed by atoms with Gasteiger partial charge in [-0.15, -0.1) is 5.10 Å². The first kappa shape index (κ1) is 17.3. The molecular weight excluding hydrogens is 386 g/mol. The molecule has 10 heteroatoms. The number of fused-ring (bicyclic) bond motifs is 1. The van der Waals surface area contributed by atoms with Gasteiger partial charge in [-0.25, -0.2) is 23.1 Å². The van der Waals surface area contributed by atoms with Crippen molar-refractivity contribution in [3.05, 3.63) is 66.4 Å². The second-order valence-corrected chi connectivity index (χ2v) is 8.35. The molecule has 0 aliphatic carbocycles. The van der Waals surface area contributed by atoms with Crippen LogP contribution in [-0.2, 0) is 10.0 Å². The van der Waals surface area contributed by atoms with Gasteiger partial charge in [-0.2, -0.15) is 0 Å². The molecule has 0 saturated carbocycles. The summed E-state index contributed by atoms with van der Waals surface area (Å²) in [6, 6.07) is 16.1. The molecule has 0 atom stereocenters. The number of hydrogen-bond acceptors (Lipinski definition) is 6. The van der Waals surface area contributed by atoms with Crippen LogP contribution < -0.4 is 10.5 Å². The molecule has 0 radical (unpaired) electrons. The number of sulfonamides is 1.